The first-order chi connectivity index (χ1) is 7.54. The lowest BCUT2D eigenvalue weighted by Gasteiger charge is -2.03. The molecule has 0 aromatic carbocycles. The van der Waals surface area contributed by atoms with Crippen LogP contribution in [-0.4, -0.2) is 39.4 Å². The van der Waals surface area contributed by atoms with E-state index in [1.165, 1.54) is 0 Å². The van der Waals surface area contributed by atoms with Gasteiger partial charge in [-0.25, -0.2) is 4.57 Å². The molecule has 9 N–H and O–H groups in total. The second-order valence-corrected chi connectivity index (χ2v) is 3.81. The van der Waals surface area contributed by atoms with Gasteiger partial charge in [-0.3, -0.25) is 19.6 Å². The number of guanidine groups is 1. The summed E-state index contributed by atoms with van der Waals surface area (Å²) in [5, 5.41) is 8.38. The zero-order valence-electron chi connectivity index (χ0n) is 8.86. The number of hydrogen-bond acceptors (Lipinski definition) is 4. The van der Waals surface area contributed by atoms with Gasteiger partial charge in [-0.15, -0.1) is 4.20 Å². The van der Waals surface area contributed by atoms with E-state index in [-0.39, 0.29) is 5.96 Å². The van der Waals surface area contributed by atoms with Gasteiger partial charge in [0.1, 0.15) is 6.04 Å². The molecule has 0 aliphatic carbocycles. The molecule has 0 amide bonds. The maximum absolute atomic E-state index is 10.4. The first-order valence-electron chi connectivity index (χ1n) is 4.33. The first kappa shape index (κ1) is 18.2. The summed E-state index contributed by atoms with van der Waals surface area (Å²) in [5.74, 6) is -0.987. The van der Waals surface area contributed by atoms with Crippen LogP contribution in [0.4, 0.5) is 4.20 Å². The van der Waals surface area contributed by atoms with Crippen LogP contribution in [0.1, 0.15) is 12.8 Å². The van der Waals surface area contributed by atoms with E-state index in [1.807, 2.05) is 0 Å². The molecule has 0 aromatic rings. The average Bonchev–Trinajstić information content (AvgIpc) is 2.08. The van der Waals surface area contributed by atoms with Crippen LogP contribution in [0.2, 0.25) is 0 Å². The zero-order chi connectivity index (χ0) is 14.1. The van der Waals surface area contributed by atoms with Crippen molar-refractivity contribution in [3.63, 3.8) is 0 Å². The van der Waals surface area contributed by atoms with E-state index in [2.05, 4.69) is 4.99 Å². The summed E-state index contributed by atoms with van der Waals surface area (Å²) in [5.41, 5.74) is 15.3. The summed E-state index contributed by atoms with van der Waals surface area (Å²) in [6, 6.07) is -0.820. The number of nitrogens with zero attached hydrogens (tertiary/aromatic N) is 1. The van der Waals surface area contributed by atoms with Crippen LogP contribution >= 0.6 is 7.91 Å². The van der Waals surface area contributed by atoms with Crippen LogP contribution in [0.15, 0.2) is 4.99 Å². The number of nitrogens with two attached hydrogens (primary N) is 3. The Morgan fingerprint density at radius 3 is 2.12 bits per heavy atom. The minimum Gasteiger partial charge on any atom is -0.480 e. The molecule has 0 aromatic heterocycles. The Kier molecular flexibility index (Phi) is 9.48. The fraction of sp³-hybridized carbons (Fsp3) is 0.667. The van der Waals surface area contributed by atoms with Gasteiger partial charge in [0.25, 0.3) is 0 Å². The SMILES string of the molecule is NC(N)=NCCC[C@H](N)C(=O)O.O=P(O)(O)F. The number of carbonyl (C=O) groups is 1. The minimum atomic E-state index is -5.14. The highest BCUT2D eigenvalue weighted by Gasteiger charge is 2.09. The number of aliphatic carboxylic acids is 1. The number of hydrogen-bond donors (Lipinski definition) is 6. The highest BCUT2D eigenvalue weighted by atomic mass is 31.2. The topological polar surface area (TPSA) is 185 Å². The summed E-state index contributed by atoms with van der Waals surface area (Å²) in [4.78, 5) is 27.8. The van der Waals surface area contributed by atoms with Crippen molar-refractivity contribution in [3.8, 4) is 0 Å². The summed E-state index contributed by atoms with van der Waals surface area (Å²) < 4.78 is 19.0. The molecule has 9 nitrogen and oxygen atoms in total. The number of aliphatic imine (C=N–C) groups is 1. The molecule has 0 saturated carbocycles. The predicted molar refractivity (Wildman–Crippen MR) is 58.7 cm³/mol. The standard InChI is InChI=1S/C6H14N4O2.FH2O3P/c7-4(5(11)12)2-1-3-10-6(8)9;1-5(2,3)4/h4H,1-3,7H2,(H,11,12)(H4,8,9,10);(H2,2,3,4)/t4-;/m0./s1. The highest BCUT2D eigenvalue weighted by Crippen LogP contribution is 2.34. The second kappa shape index (κ2) is 8.88. The van der Waals surface area contributed by atoms with Crippen molar-refractivity contribution >= 4 is 19.8 Å². The van der Waals surface area contributed by atoms with Gasteiger partial charge in [0.15, 0.2) is 5.96 Å². The molecule has 17 heavy (non-hydrogen) atoms. The van der Waals surface area contributed by atoms with Crippen LogP contribution in [0, 0.1) is 0 Å². The Balaban J connectivity index is 0. The Morgan fingerprint density at radius 1 is 1.41 bits per heavy atom. The van der Waals surface area contributed by atoms with Gasteiger partial charge in [0, 0.05) is 6.54 Å². The van der Waals surface area contributed by atoms with Crippen molar-refractivity contribution in [3.05, 3.63) is 0 Å². The fourth-order valence-electron chi connectivity index (χ4n) is 0.643. The molecule has 0 bridgehead atoms. The fourth-order valence-corrected chi connectivity index (χ4v) is 0.643. The van der Waals surface area contributed by atoms with Gasteiger partial charge >= 0.3 is 13.9 Å². The van der Waals surface area contributed by atoms with Gasteiger partial charge < -0.3 is 22.3 Å². The lowest BCUT2D eigenvalue weighted by atomic mass is 10.2. The van der Waals surface area contributed by atoms with Crippen molar-refractivity contribution in [2.24, 2.45) is 22.2 Å². The molecule has 11 heteroatoms. The van der Waals surface area contributed by atoms with Gasteiger partial charge in [0.05, 0.1) is 0 Å². The molecule has 0 aliphatic rings. The summed E-state index contributed by atoms with van der Waals surface area (Å²) in [6.07, 6.45) is 0.956. The molecular weight excluding hydrogens is 258 g/mol. The third-order valence-corrected chi connectivity index (χ3v) is 1.28. The molecular formula is C6H16FN4O5P. The monoisotopic (exact) mass is 274 g/mol. The third-order valence-electron chi connectivity index (χ3n) is 1.28. The first-order valence-corrected chi connectivity index (χ1v) is 5.83. The normalized spacial score (nSPS) is 12.0. The number of carboxylic acid groups (broad SMARTS) is 1. The molecule has 0 radical (unpaired) electrons. The van der Waals surface area contributed by atoms with E-state index in [0.717, 1.165) is 0 Å². The van der Waals surface area contributed by atoms with E-state index >= 15 is 0 Å². The molecule has 0 unspecified atom stereocenters. The molecule has 0 heterocycles. The summed E-state index contributed by atoms with van der Waals surface area (Å²) in [6.45, 7) is 0.420. The number of halogens is 1. The number of carboxylic acids is 1. The Hall–Kier alpha value is -1.22. The van der Waals surface area contributed by atoms with E-state index in [9.17, 15) is 8.99 Å². The van der Waals surface area contributed by atoms with E-state index in [0.29, 0.717) is 19.4 Å². The van der Waals surface area contributed by atoms with Crippen molar-refractivity contribution in [2.75, 3.05) is 6.54 Å². The lowest BCUT2D eigenvalue weighted by Crippen LogP contribution is -2.30. The van der Waals surface area contributed by atoms with Crippen LogP contribution in [-0.2, 0) is 9.36 Å². The van der Waals surface area contributed by atoms with Crippen molar-refractivity contribution in [1.82, 2.24) is 0 Å². The van der Waals surface area contributed by atoms with Crippen molar-refractivity contribution < 1.29 is 28.4 Å². The largest absolute Gasteiger partial charge is 0.507 e. The zero-order valence-corrected chi connectivity index (χ0v) is 9.76. The van der Waals surface area contributed by atoms with E-state index in [1.54, 1.807) is 0 Å². The van der Waals surface area contributed by atoms with Crippen molar-refractivity contribution in [1.29, 1.82) is 0 Å². The van der Waals surface area contributed by atoms with Crippen LogP contribution < -0.4 is 17.2 Å². The Bertz CT molecular complexity index is 295. The molecule has 0 rings (SSSR count). The van der Waals surface area contributed by atoms with Crippen LogP contribution in [0.25, 0.3) is 0 Å². The van der Waals surface area contributed by atoms with Crippen molar-refractivity contribution in [2.45, 2.75) is 18.9 Å². The maximum Gasteiger partial charge on any atom is 0.507 e. The summed E-state index contributed by atoms with van der Waals surface area (Å²) >= 11 is 0. The van der Waals surface area contributed by atoms with Crippen LogP contribution in [0.3, 0.4) is 0 Å². The van der Waals surface area contributed by atoms with Gasteiger partial charge in [-0.2, -0.15) is 0 Å². The number of rotatable bonds is 5. The van der Waals surface area contributed by atoms with Gasteiger partial charge in [-0.1, -0.05) is 0 Å². The summed E-state index contributed by atoms with van der Waals surface area (Å²) in [7, 11) is -5.14. The van der Waals surface area contributed by atoms with Gasteiger partial charge in [-0.05, 0) is 12.8 Å². The van der Waals surface area contributed by atoms with Crippen LogP contribution in [0.5, 0.6) is 0 Å². The maximum atomic E-state index is 10.4. The minimum absolute atomic E-state index is 0.0129. The highest BCUT2D eigenvalue weighted by molar-refractivity contribution is 7.45. The average molecular weight is 274 g/mol. The Labute approximate surface area is 96.8 Å². The molecule has 0 aliphatic heterocycles. The molecule has 1 atom stereocenters. The molecule has 0 spiro atoms. The predicted octanol–water partition coefficient (Wildman–Crippen LogP) is -1.50. The lowest BCUT2D eigenvalue weighted by molar-refractivity contribution is -0.138. The third kappa shape index (κ3) is 25.2. The molecule has 0 saturated heterocycles. The van der Waals surface area contributed by atoms with E-state index < -0.39 is 19.9 Å². The molecule has 102 valence electrons. The van der Waals surface area contributed by atoms with Gasteiger partial charge in [0.2, 0.25) is 0 Å². The van der Waals surface area contributed by atoms with E-state index in [4.69, 9.17) is 36.7 Å². The Morgan fingerprint density at radius 2 is 1.82 bits per heavy atom. The smallest absolute Gasteiger partial charge is 0.480 e. The second-order valence-electron chi connectivity index (χ2n) is 2.87. The molecule has 0 fully saturated rings. The quantitative estimate of drug-likeness (QED) is 0.151.